The van der Waals surface area contributed by atoms with Crippen molar-refractivity contribution in [2.24, 2.45) is 5.92 Å². The predicted molar refractivity (Wildman–Crippen MR) is 84.8 cm³/mol. The molecule has 1 amide bonds. The van der Waals surface area contributed by atoms with Gasteiger partial charge < -0.3 is 16.0 Å². The molecule has 1 unspecified atom stereocenters. The van der Waals surface area contributed by atoms with Crippen LogP contribution in [0.15, 0.2) is 10.7 Å². The molecule has 0 aliphatic heterocycles. The van der Waals surface area contributed by atoms with Gasteiger partial charge in [-0.2, -0.15) is 4.98 Å². The average molecular weight is 344 g/mol. The quantitative estimate of drug-likeness (QED) is 0.707. The van der Waals surface area contributed by atoms with E-state index in [0.717, 1.165) is 11.0 Å². The second-order valence-corrected chi connectivity index (χ2v) is 5.78. The van der Waals surface area contributed by atoms with E-state index < -0.39 is 0 Å². The fourth-order valence-corrected chi connectivity index (χ4v) is 1.75. The SMILES string of the molecule is CCNc1ncc(Br)c(NC(C)C(=O)NCC(C)C)n1. The molecular formula is C13H22BrN5O. The third-order valence-electron chi connectivity index (χ3n) is 2.51. The van der Waals surface area contributed by atoms with Crippen LogP contribution >= 0.6 is 15.9 Å². The molecular weight excluding hydrogens is 322 g/mol. The third kappa shape index (κ3) is 5.32. The molecule has 0 saturated carbocycles. The molecule has 0 spiro atoms. The second kappa shape index (κ2) is 8.04. The summed E-state index contributed by atoms with van der Waals surface area (Å²) in [5, 5.41) is 9.00. The average Bonchev–Trinajstić information content (AvgIpc) is 2.40. The Morgan fingerprint density at radius 2 is 2.10 bits per heavy atom. The lowest BCUT2D eigenvalue weighted by Gasteiger charge is -2.16. The molecule has 0 fully saturated rings. The zero-order valence-electron chi connectivity index (χ0n) is 12.3. The van der Waals surface area contributed by atoms with E-state index in [2.05, 4.69) is 55.7 Å². The number of nitrogens with one attached hydrogen (secondary N) is 3. The summed E-state index contributed by atoms with van der Waals surface area (Å²) in [5.41, 5.74) is 0. The van der Waals surface area contributed by atoms with Crippen LogP contribution in [0.1, 0.15) is 27.7 Å². The van der Waals surface area contributed by atoms with Gasteiger partial charge >= 0.3 is 0 Å². The fourth-order valence-electron chi connectivity index (χ4n) is 1.44. The molecule has 1 atom stereocenters. The summed E-state index contributed by atoms with van der Waals surface area (Å²) in [6.07, 6.45) is 1.66. The van der Waals surface area contributed by atoms with E-state index in [-0.39, 0.29) is 11.9 Å². The van der Waals surface area contributed by atoms with Gasteiger partial charge in [0, 0.05) is 19.3 Å². The van der Waals surface area contributed by atoms with Gasteiger partial charge in [-0.1, -0.05) is 13.8 Å². The van der Waals surface area contributed by atoms with E-state index in [1.165, 1.54) is 0 Å². The largest absolute Gasteiger partial charge is 0.358 e. The van der Waals surface area contributed by atoms with E-state index in [9.17, 15) is 4.79 Å². The third-order valence-corrected chi connectivity index (χ3v) is 3.09. The summed E-state index contributed by atoms with van der Waals surface area (Å²) in [6, 6.07) is -0.366. The second-order valence-electron chi connectivity index (χ2n) is 4.93. The van der Waals surface area contributed by atoms with Crippen LogP contribution in [0.2, 0.25) is 0 Å². The van der Waals surface area contributed by atoms with Crippen molar-refractivity contribution in [3.8, 4) is 0 Å². The first-order valence-electron chi connectivity index (χ1n) is 6.74. The van der Waals surface area contributed by atoms with Gasteiger partial charge in [-0.15, -0.1) is 0 Å². The van der Waals surface area contributed by atoms with Crippen LogP contribution in [-0.4, -0.2) is 35.0 Å². The lowest BCUT2D eigenvalue weighted by atomic mass is 10.2. The van der Waals surface area contributed by atoms with Gasteiger partial charge in [-0.05, 0) is 35.7 Å². The highest BCUT2D eigenvalue weighted by atomic mass is 79.9. The zero-order chi connectivity index (χ0) is 15.1. The molecule has 3 N–H and O–H groups in total. The van der Waals surface area contributed by atoms with Crippen molar-refractivity contribution in [2.45, 2.75) is 33.7 Å². The van der Waals surface area contributed by atoms with Crippen molar-refractivity contribution in [3.05, 3.63) is 10.7 Å². The van der Waals surface area contributed by atoms with Crippen molar-refractivity contribution in [1.82, 2.24) is 15.3 Å². The lowest BCUT2D eigenvalue weighted by molar-refractivity contribution is -0.121. The first-order valence-corrected chi connectivity index (χ1v) is 7.54. The van der Waals surface area contributed by atoms with Gasteiger partial charge in [-0.25, -0.2) is 4.98 Å². The Labute approximate surface area is 128 Å². The van der Waals surface area contributed by atoms with Crippen molar-refractivity contribution in [3.63, 3.8) is 0 Å². The molecule has 0 aliphatic rings. The van der Waals surface area contributed by atoms with Crippen LogP contribution in [0.3, 0.4) is 0 Å². The van der Waals surface area contributed by atoms with Crippen LogP contribution < -0.4 is 16.0 Å². The molecule has 20 heavy (non-hydrogen) atoms. The maximum atomic E-state index is 11.9. The maximum Gasteiger partial charge on any atom is 0.242 e. The van der Waals surface area contributed by atoms with Crippen molar-refractivity contribution in [1.29, 1.82) is 0 Å². The fraction of sp³-hybridized carbons (Fsp3) is 0.615. The Kier molecular flexibility index (Phi) is 6.70. The van der Waals surface area contributed by atoms with Crippen LogP contribution in [0, 0.1) is 5.92 Å². The minimum absolute atomic E-state index is 0.0470. The first-order chi connectivity index (χ1) is 9.43. The highest BCUT2D eigenvalue weighted by Gasteiger charge is 2.15. The minimum atomic E-state index is -0.366. The molecule has 7 heteroatoms. The van der Waals surface area contributed by atoms with Gasteiger partial charge in [0.05, 0.1) is 4.47 Å². The number of rotatable bonds is 7. The Morgan fingerprint density at radius 3 is 2.70 bits per heavy atom. The van der Waals surface area contributed by atoms with E-state index in [4.69, 9.17) is 0 Å². The van der Waals surface area contributed by atoms with Crippen molar-refractivity contribution in [2.75, 3.05) is 23.7 Å². The standard InChI is InChI=1S/C13H22BrN5O/c1-5-15-13-17-7-10(14)11(19-13)18-9(4)12(20)16-6-8(2)3/h7-9H,5-6H2,1-4H3,(H,16,20)(H2,15,17,18,19). The molecule has 1 aromatic heterocycles. The zero-order valence-corrected chi connectivity index (χ0v) is 13.9. The number of hydrogen-bond donors (Lipinski definition) is 3. The smallest absolute Gasteiger partial charge is 0.242 e. The Hall–Kier alpha value is -1.37. The Bertz CT molecular complexity index is 452. The monoisotopic (exact) mass is 343 g/mol. The van der Waals surface area contributed by atoms with Crippen molar-refractivity contribution >= 4 is 33.6 Å². The molecule has 0 radical (unpaired) electrons. The van der Waals surface area contributed by atoms with Crippen LogP contribution in [0.4, 0.5) is 11.8 Å². The van der Waals surface area contributed by atoms with Gasteiger partial charge in [0.15, 0.2) is 0 Å². The van der Waals surface area contributed by atoms with Crippen molar-refractivity contribution < 1.29 is 4.79 Å². The maximum absolute atomic E-state index is 11.9. The lowest BCUT2D eigenvalue weighted by Crippen LogP contribution is -2.39. The molecule has 0 saturated heterocycles. The topological polar surface area (TPSA) is 78.9 Å². The highest BCUT2D eigenvalue weighted by molar-refractivity contribution is 9.10. The number of nitrogens with zero attached hydrogens (tertiary/aromatic N) is 2. The molecule has 0 bridgehead atoms. The summed E-state index contributed by atoms with van der Waals surface area (Å²) < 4.78 is 0.725. The molecule has 6 nitrogen and oxygen atoms in total. The summed E-state index contributed by atoms with van der Waals surface area (Å²) in [4.78, 5) is 20.4. The summed E-state index contributed by atoms with van der Waals surface area (Å²) in [7, 11) is 0. The number of carbonyl (C=O) groups is 1. The number of halogens is 1. The number of hydrogen-bond acceptors (Lipinski definition) is 5. The number of amides is 1. The van der Waals surface area contributed by atoms with Crippen LogP contribution in [-0.2, 0) is 4.79 Å². The van der Waals surface area contributed by atoms with Crippen LogP contribution in [0.5, 0.6) is 0 Å². The molecule has 112 valence electrons. The molecule has 1 rings (SSSR count). The summed E-state index contributed by atoms with van der Waals surface area (Å²) in [6.45, 7) is 9.30. The summed E-state index contributed by atoms with van der Waals surface area (Å²) >= 11 is 3.37. The number of aromatic nitrogens is 2. The number of carbonyl (C=O) groups excluding carboxylic acids is 1. The normalized spacial score (nSPS) is 12.1. The van der Waals surface area contributed by atoms with E-state index >= 15 is 0 Å². The molecule has 1 aromatic rings. The number of anilines is 2. The van der Waals surface area contributed by atoms with E-state index in [0.29, 0.717) is 24.2 Å². The highest BCUT2D eigenvalue weighted by Crippen LogP contribution is 2.20. The Morgan fingerprint density at radius 1 is 1.40 bits per heavy atom. The molecule has 1 heterocycles. The van der Waals surface area contributed by atoms with Gasteiger partial charge in [-0.3, -0.25) is 4.79 Å². The molecule has 0 aromatic carbocycles. The first kappa shape index (κ1) is 16.7. The van der Waals surface area contributed by atoms with Gasteiger partial charge in [0.25, 0.3) is 0 Å². The van der Waals surface area contributed by atoms with Crippen LogP contribution in [0.25, 0.3) is 0 Å². The molecule has 0 aliphatic carbocycles. The predicted octanol–water partition coefficient (Wildman–Crippen LogP) is 2.24. The van der Waals surface area contributed by atoms with Gasteiger partial charge in [0.2, 0.25) is 11.9 Å². The minimum Gasteiger partial charge on any atom is -0.358 e. The van der Waals surface area contributed by atoms with Gasteiger partial charge in [0.1, 0.15) is 11.9 Å². The Balaban J connectivity index is 2.66. The van der Waals surface area contributed by atoms with E-state index in [1.54, 1.807) is 13.1 Å². The van der Waals surface area contributed by atoms with E-state index in [1.807, 2.05) is 6.92 Å². The summed E-state index contributed by atoms with van der Waals surface area (Å²) in [5.74, 6) is 1.52.